The van der Waals surface area contributed by atoms with Crippen LogP contribution in [0, 0.1) is 0 Å². The molecule has 25 heavy (non-hydrogen) atoms. The van der Waals surface area contributed by atoms with Crippen LogP contribution in [0.25, 0.3) is 0 Å². The van der Waals surface area contributed by atoms with Gasteiger partial charge in [0.25, 0.3) is 0 Å². The zero-order valence-electron chi connectivity index (χ0n) is 14.1. The highest BCUT2D eigenvalue weighted by molar-refractivity contribution is 8.00. The van der Waals surface area contributed by atoms with Crippen LogP contribution in [0.1, 0.15) is 42.1 Å². The Bertz CT molecular complexity index is 771. The van der Waals surface area contributed by atoms with E-state index in [9.17, 15) is 4.79 Å². The van der Waals surface area contributed by atoms with Crippen molar-refractivity contribution in [2.45, 2.75) is 37.0 Å². The minimum atomic E-state index is -0.0195. The van der Waals surface area contributed by atoms with Gasteiger partial charge < -0.3 is 14.8 Å². The lowest BCUT2D eigenvalue weighted by atomic mass is 10.1. The molecule has 1 aromatic carbocycles. The maximum atomic E-state index is 11.9. The molecule has 0 radical (unpaired) electrons. The Morgan fingerprint density at radius 3 is 2.88 bits per heavy atom. The van der Waals surface area contributed by atoms with Crippen molar-refractivity contribution in [2.24, 2.45) is 0 Å². The molecule has 1 amide bonds. The second kappa shape index (κ2) is 7.00. The highest BCUT2D eigenvalue weighted by atomic mass is 32.2. The van der Waals surface area contributed by atoms with Crippen LogP contribution in [0.3, 0.4) is 0 Å². The number of aromatic amines is 1. The number of nitrogens with zero attached hydrogens (tertiary/aromatic N) is 1. The van der Waals surface area contributed by atoms with Gasteiger partial charge in [-0.3, -0.25) is 9.89 Å². The first-order valence-electron chi connectivity index (χ1n) is 8.54. The second-order valence-electron chi connectivity index (χ2n) is 6.37. The Balaban J connectivity index is 1.67. The molecule has 2 aliphatic rings. The van der Waals surface area contributed by atoms with Crippen LogP contribution in [0.5, 0.6) is 11.5 Å². The van der Waals surface area contributed by atoms with E-state index in [0.717, 1.165) is 35.5 Å². The van der Waals surface area contributed by atoms with Crippen molar-refractivity contribution < 1.29 is 14.3 Å². The number of thioether (sulfide) groups is 1. The average molecular weight is 359 g/mol. The van der Waals surface area contributed by atoms with E-state index >= 15 is 0 Å². The van der Waals surface area contributed by atoms with Gasteiger partial charge in [-0.05, 0) is 43.4 Å². The maximum Gasteiger partial charge on any atom is 0.235 e. The number of H-pyrrole nitrogens is 1. The van der Waals surface area contributed by atoms with Gasteiger partial charge >= 0.3 is 0 Å². The first-order chi connectivity index (χ1) is 12.2. The van der Waals surface area contributed by atoms with Crippen LogP contribution < -0.4 is 14.8 Å². The van der Waals surface area contributed by atoms with Gasteiger partial charge in [-0.25, -0.2) is 0 Å². The fourth-order valence-corrected chi connectivity index (χ4v) is 4.52. The number of rotatable bonds is 4. The highest BCUT2D eigenvalue weighted by Gasteiger charge is 2.27. The SMILES string of the molecule is COc1ccc([C@@H]2SCC(=O)Nc3[nH]ncc32)cc1OC1CCCC1. The summed E-state index contributed by atoms with van der Waals surface area (Å²) in [6.07, 6.45) is 6.67. The molecule has 132 valence electrons. The summed E-state index contributed by atoms with van der Waals surface area (Å²) in [5, 5.41) is 9.84. The summed E-state index contributed by atoms with van der Waals surface area (Å²) in [5.74, 6) is 2.58. The molecule has 4 rings (SSSR count). The summed E-state index contributed by atoms with van der Waals surface area (Å²) in [7, 11) is 1.66. The molecule has 7 heteroatoms. The number of hydrogen-bond acceptors (Lipinski definition) is 5. The molecule has 2 N–H and O–H groups in total. The number of anilines is 1. The Morgan fingerprint density at radius 1 is 1.24 bits per heavy atom. The van der Waals surface area contributed by atoms with Crippen LogP contribution >= 0.6 is 11.8 Å². The average Bonchev–Trinajstić information content (AvgIpc) is 3.25. The second-order valence-corrected chi connectivity index (χ2v) is 7.47. The molecule has 1 atom stereocenters. The van der Waals surface area contributed by atoms with Crippen molar-refractivity contribution >= 4 is 23.5 Å². The molecule has 1 saturated carbocycles. The molecule has 0 bridgehead atoms. The molecular formula is C18H21N3O3S. The van der Waals surface area contributed by atoms with Crippen LogP contribution in [-0.4, -0.2) is 35.1 Å². The summed E-state index contributed by atoms with van der Waals surface area (Å²) in [4.78, 5) is 11.9. The summed E-state index contributed by atoms with van der Waals surface area (Å²) in [6, 6.07) is 6.02. The third-order valence-corrected chi connectivity index (χ3v) is 5.97. The summed E-state index contributed by atoms with van der Waals surface area (Å²) >= 11 is 1.59. The van der Waals surface area contributed by atoms with Crippen molar-refractivity contribution in [1.29, 1.82) is 0 Å². The highest BCUT2D eigenvalue weighted by Crippen LogP contribution is 2.43. The number of carbonyl (C=O) groups excluding carboxylic acids is 1. The number of methoxy groups -OCH3 is 1. The minimum Gasteiger partial charge on any atom is -0.493 e. The van der Waals surface area contributed by atoms with Crippen LogP contribution in [0.4, 0.5) is 5.82 Å². The summed E-state index contributed by atoms with van der Waals surface area (Å²) in [6.45, 7) is 0. The van der Waals surface area contributed by atoms with E-state index in [-0.39, 0.29) is 17.3 Å². The number of amides is 1. The van der Waals surface area contributed by atoms with Gasteiger partial charge in [0.15, 0.2) is 11.5 Å². The predicted octanol–water partition coefficient (Wildman–Crippen LogP) is 3.51. The van der Waals surface area contributed by atoms with Crippen molar-refractivity contribution in [3.8, 4) is 11.5 Å². The third kappa shape index (κ3) is 3.33. The number of fused-ring (bicyclic) bond motifs is 1. The molecule has 1 aliphatic carbocycles. The van der Waals surface area contributed by atoms with Crippen LogP contribution in [0.15, 0.2) is 24.4 Å². The van der Waals surface area contributed by atoms with Gasteiger partial charge in [0.1, 0.15) is 5.82 Å². The molecule has 6 nitrogen and oxygen atoms in total. The lowest BCUT2D eigenvalue weighted by Gasteiger charge is -2.19. The lowest BCUT2D eigenvalue weighted by Crippen LogP contribution is -2.12. The maximum absolute atomic E-state index is 11.9. The smallest absolute Gasteiger partial charge is 0.235 e. The van der Waals surface area contributed by atoms with Crippen molar-refractivity contribution in [1.82, 2.24) is 10.2 Å². The van der Waals surface area contributed by atoms with E-state index < -0.39 is 0 Å². The van der Waals surface area contributed by atoms with Gasteiger partial charge in [-0.1, -0.05) is 6.07 Å². The number of benzene rings is 1. The fourth-order valence-electron chi connectivity index (χ4n) is 3.43. The number of aromatic nitrogens is 2. The number of hydrogen-bond donors (Lipinski definition) is 2. The van der Waals surface area contributed by atoms with Crippen molar-refractivity contribution in [3.05, 3.63) is 35.5 Å². The Labute approximate surface area is 150 Å². The minimum absolute atomic E-state index is 0.0181. The van der Waals surface area contributed by atoms with Gasteiger partial charge in [0.05, 0.1) is 30.4 Å². The molecule has 2 aromatic rings. The zero-order chi connectivity index (χ0) is 17.2. The molecule has 0 unspecified atom stereocenters. The normalized spacial score (nSPS) is 20.7. The predicted molar refractivity (Wildman–Crippen MR) is 97.4 cm³/mol. The van der Waals surface area contributed by atoms with E-state index in [1.807, 2.05) is 18.2 Å². The van der Waals surface area contributed by atoms with Gasteiger partial charge in [0.2, 0.25) is 5.91 Å². The quantitative estimate of drug-likeness (QED) is 0.873. The molecular weight excluding hydrogens is 338 g/mol. The lowest BCUT2D eigenvalue weighted by molar-refractivity contribution is -0.113. The number of carbonyl (C=O) groups is 1. The third-order valence-electron chi connectivity index (χ3n) is 4.68. The van der Waals surface area contributed by atoms with E-state index in [4.69, 9.17) is 9.47 Å². The Kier molecular flexibility index (Phi) is 4.57. The molecule has 0 saturated heterocycles. The molecule has 0 spiro atoms. The molecule has 1 aliphatic heterocycles. The van der Waals surface area contributed by atoms with Crippen molar-refractivity contribution in [3.63, 3.8) is 0 Å². The summed E-state index contributed by atoms with van der Waals surface area (Å²) < 4.78 is 11.7. The van der Waals surface area contributed by atoms with Crippen molar-refractivity contribution in [2.75, 3.05) is 18.2 Å². The van der Waals surface area contributed by atoms with Gasteiger partial charge in [0, 0.05) is 5.56 Å². The van der Waals surface area contributed by atoms with Gasteiger partial charge in [-0.2, -0.15) is 5.10 Å². The van der Waals surface area contributed by atoms with Crippen LogP contribution in [-0.2, 0) is 4.79 Å². The van der Waals surface area contributed by atoms with E-state index in [1.165, 1.54) is 12.8 Å². The topological polar surface area (TPSA) is 76.2 Å². The molecule has 1 fully saturated rings. The zero-order valence-corrected chi connectivity index (χ0v) is 14.9. The number of nitrogens with one attached hydrogen (secondary N) is 2. The van der Waals surface area contributed by atoms with E-state index in [2.05, 4.69) is 15.5 Å². The van der Waals surface area contributed by atoms with E-state index in [1.54, 1.807) is 25.1 Å². The largest absolute Gasteiger partial charge is 0.493 e. The number of ether oxygens (including phenoxy) is 2. The van der Waals surface area contributed by atoms with Crippen LogP contribution in [0.2, 0.25) is 0 Å². The van der Waals surface area contributed by atoms with Gasteiger partial charge in [-0.15, -0.1) is 11.8 Å². The summed E-state index contributed by atoms with van der Waals surface area (Å²) in [5.41, 5.74) is 2.06. The fraction of sp³-hybridized carbons (Fsp3) is 0.444. The Morgan fingerprint density at radius 2 is 2.08 bits per heavy atom. The van der Waals surface area contributed by atoms with E-state index in [0.29, 0.717) is 11.6 Å². The Hall–Kier alpha value is -2.15. The standard InChI is InChI=1S/C18H21N3O3S/c1-23-14-7-6-11(8-15(14)24-12-4-2-3-5-12)17-13-9-19-21-18(13)20-16(22)10-25-17/h6-9,12,17H,2-5,10H2,1H3,(H2,19,20,21,22)/t17-/m0/s1. The first-order valence-corrected chi connectivity index (χ1v) is 9.59. The monoisotopic (exact) mass is 359 g/mol. The first kappa shape index (κ1) is 16.3. The molecule has 1 aromatic heterocycles. The molecule has 2 heterocycles.